The fourth-order valence-electron chi connectivity index (χ4n) is 1.24. The van der Waals surface area contributed by atoms with Crippen LogP contribution in [0.5, 0.6) is 5.75 Å². The molecule has 0 bridgehead atoms. The van der Waals surface area contributed by atoms with E-state index in [2.05, 4.69) is 15.6 Å². The maximum atomic E-state index is 11.7. The van der Waals surface area contributed by atoms with E-state index in [0.717, 1.165) is 0 Å². The van der Waals surface area contributed by atoms with Gasteiger partial charge >= 0.3 is 0 Å². The van der Waals surface area contributed by atoms with Crippen molar-refractivity contribution in [2.45, 2.75) is 0 Å². The number of anilines is 1. The maximum Gasteiger partial charge on any atom is 0.277 e. The van der Waals surface area contributed by atoms with Gasteiger partial charge < -0.3 is 10.4 Å². The topological polar surface area (TPSA) is 80.0 Å². The van der Waals surface area contributed by atoms with Crippen molar-refractivity contribution in [3.05, 3.63) is 35.1 Å². The standard InChI is InChI=1S/C10H9ClN4O2/c1-15-5-9(13-14-15)10(17)12-8-3-2-6(16)4-7(8)11/h2-5,16H,1H3,(H,12,17). The van der Waals surface area contributed by atoms with Crippen LogP contribution in [0.4, 0.5) is 5.69 Å². The third-order valence-corrected chi connectivity index (χ3v) is 2.35. The van der Waals surface area contributed by atoms with E-state index < -0.39 is 5.91 Å². The van der Waals surface area contributed by atoms with E-state index in [1.54, 1.807) is 7.05 Å². The van der Waals surface area contributed by atoms with Crippen LogP contribution < -0.4 is 5.32 Å². The van der Waals surface area contributed by atoms with Crippen LogP contribution in [-0.4, -0.2) is 26.0 Å². The molecule has 0 aliphatic carbocycles. The number of carbonyl (C=O) groups is 1. The molecule has 1 heterocycles. The number of amides is 1. The second-order valence-corrected chi connectivity index (χ2v) is 3.80. The van der Waals surface area contributed by atoms with E-state index in [1.807, 2.05) is 0 Å². The van der Waals surface area contributed by atoms with Gasteiger partial charge in [0.05, 0.1) is 16.9 Å². The number of nitrogens with zero attached hydrogens (tertiary/aromatic N) is 3. The van der Waals surface area contributed by atoms with Crippen LogP contribution >= 0.6 is 11.6 Å². The number of rotatable bonds is 2. The summed E-state index contributed by atoms with van der Waals surface area (Å²) in [6.07, 6.45) is 1.49. The van der Waals surface area contributed by atoms with Crippen molar-refractivity contribution >= 4 is 23.2 Å². The molecule has 1 aromatic heterocycles. The Morgan fingerprint density at radius 3 is 2.88 bits per heavy atom. The number of aryl methyl sites for hydroxylation is 1. The van der Waals surface area contributed by atoms with Gasteiger partial charge in [-0.1, -0.05) is 16.8 Å². The average molecular weight is 253 g/mol. The van der Waals surface area contributed by atoms with E-state index in [1.165, 1.54) is 29.1 Å². The minimum Gasteiger partial charge on any atom is -0.508 e. The molecule has 1 amide bonds. The number of aromatic nitrogens is 3. The van der Waals surface area contributed by atoms with Crippen LogP contribution in [0.15, 0.2) is 24.4 Å². The molecule has 0 unspecified atom stereocenters. The highest BCUT2D eigenvalue weighted by atomic mass is 35.5. The zero-order chi connectivity index (χ0) is 12.4. The van der Waals surface area contributed by atoms with Crippen molar-refractivity contribution in [1.82, 2.24) is 15.0 Å². The summed E-state index contributed by atoms with van der Waals surface area (Å²) in [4.78, 5) is 11.7. The molecule has 0 aliphatic rings. The number of hydrogen-bond acceptors (Lipinski definition) is 4. The summed E-state index contributed by atoms with van der Waals surface area (Å²) in [5, 5.41) is 19.3. The molecule has 0 spiro atoms. The van der Waals surface area contributed by atoms with Crippen LogP contribution in [0, 0.1) is 0 Å². The quantitative estimate of drug-likeness (QED) is 0.793. The molecule has 0 fully saturated rings. The normalized spacial score (nSPS) is 10.2. The molecule has 0 saturated heterocycles. The second kappa shape index (κ2) is 4.42. The SMILES string of the molecule is Cn1cc(C(=O)Nc2ccc(O)cc2Cl)nn1. The smallest absolute Gasteiger partial charge is 0.277 e. The Kier molecular flexibility index (Phi) is 2.97. The number of carbonyl (C=O) groups excluding carboxylic acids is 1. The van der Waals surface area contributed by atoms with Crippen molar-refractivity contribution in [1.29, 1.82) is 0 Å². The van der Waals surface area contributed by atoms with Gasteiger partial charge in [0.15, 0.2) is 5.69 Å². The number of aromatic hydroxyl groups is 1. The van der Waals surface area contributed by atoms with Gasteiger partial charge in [0.25, 0.3) is 5.91 Å². The summed E-state index contributed by atoms with van der Waals surface area (Å²) in [6, 6.07) is 4.28. The van der Waals surface area contributed by atoms with Gasteiger partial charge in [-0.05, 0) is 12.1 Å². The summed E-state index contributed by atoms with van der Waals surface area (Å²) in [6.45, 7) is 0. The number of hydrogen-bond donors (Lipinski definition) is 2. The lowest BCUT2D eigenvalue weighted by molar-refractivity contribution is 0.102. The fraction of sp³-hybridized carbons (Fsp3) is 0.100. The lowest BCUT2D eigenvalue weighted by Crippen LogP contribution is -2.12. The molecule has 0 atom stereocenters. The molecular weight excluding hydrogens is 244 g/mol. The molecule has 2 rings (SSSR count). The Labute approximate surface area is 102 Å². The van der Waals surface area contributed by atoms with Crippen molar-refractivity contribution in [2.24, 2.45) is 7.05 Å². The predicted octanol–water partition coefficient (Wildman–Crippen LogP) is 1.43. The lowest BCUT2D eigenvalue weighted by atomic mass is 10.3. The van der Waals surface area contributed by atoms with Gasteiger partial charge in [0.2, 0.25) is 0 Å². The number of nitrogens with one attached hydrogen (secondary N) is 1. The van der Waals surface area contributed by atoms with E-state index in [-0.39, 0.29) is 16.5 Å². The van der Waals surface area contributed by atoms with E-state index >= 15 is 0 Å². The third-order valence-electron chi connectivity index (χ3n) is 2.04. The Balaban J connectivity index is 2.18. The fourth-order valence-corrected chi connectivity index (χ4v) is 1.47. The highest BCUT2D eigenvalue weighted by Crippen LogP contribution is 2.26. The maximum absolute atomic E-state index is 11.7. The minimum atomic E-state index is -0.411. The zero-order valence-electron chi connectivity index (χ0n) is 8.88. The van der Waals surface area contributed by atoms with Crippen molar-refractivity contribution < 1.29 is 9.90 Å². The number of benzene rings is 1. The summed E-state index contributed by atoms with van der Waals surface area (Å²) < 4.78 is 1.42. The molecule has 2 aromatic rings. The molecule has 0 aliphatic heterocycles. The molecule has 7 heteroatoms. The van der Waals surface area contributed by atoms with Gasteiger partial charge in [-0.3, -0.25) is 9.48 Å². The van der Waals surface area contributed by atoms with Crippen LogP contribution in [0.1, 0.15) is 10.5 Å². The van der Waals surface area contributed by atoms with Crippen LogP contribution in [-0.2, 0) is 7.05 Å². The van der Waals surface area contributed by atoms with Crippen LogP contribution in [0.2, 0.25) is 5.02 Å². The molecule has 1 aromatic carbocycles. The summed E-state index contributed by atoms with van der Waals surface area (Å²) >= 11 is 5.85. The Morgan fingerprint density at radius 1 is 1.53 bits per heavy atom. The highest BCUT2D eigenvalue weighted by molar-refractivity contribution is 6.34. The van der Waals surface area contributed by atoms with Gasteiger partial charge in [0, 0.05) is 13.1 Å². The van der Waals surface area contributed by atoms with Gasteiger partial charge in [0.1, 0.15) is 5.75 Å². The Morgan fingerprint density at radius 2 is 2.29 bits per heavy atom. The average Bonchev–Trinajstić information content (AvgIpc) is 2.69. The minimum absolute atomic E-state index is 0.0347. The first-order valence-electron chi connectivity index (χ1n) is 4.72. The predicted molar refractivity (Wildman–Crippen MR) is 62.1 cm³/mol. The van der Waals surface area contributed by atoms with Gasteiger partial charge in [-0.25, -0.2) is 0 Å². The van der Waals surface area contributed by atoms with Gasteiger partial charge in [-0.2, -0.15) is 0 Å². The van der Waals surface area contributed by atoms with Crippen molar-refractivity contribution in [3.8, 4) is 5.75 Å². The first-order valence-corrected chi connectivity index (χ1v) is 5.10. The molecule has 0 saturated carbocycles. The summed E-state index contributed by atoms with van der Waals surface area (Å²) in [5.74, 6) is -0.377. The van der Waals surface area contributed by atoms with Crippen molar-refractivity contribution in [3.63, 3.8) is 0 Å². The monoisotopic (exact) mass is 252 g/mol. The third kappa shape index (κ3) is 2.54. The second-order valence-electron chi connectivity index (χ2n) is 3.40. The largest absolute Gasteiger partial charge is 0.508 e. The molecular formula is C10H9ClN4O2. The van der Waals surface area contributed by atoms with Crippen LogP contribution in [0.25, 0.3) is 0 Å². The lowest BCUT2D eigenvalue weighted by Gasteiger charge is -2.05. The molecule has 17 heavy (non-hydrogen) atoms. The molecule has 0 radical (unpaired) electrons. The Hall–Kier alpha value is -2.08. The van der Waals surface area contributed by atoms with Gasteiger partial charge in [-0.15, -0.1) is 5.10 Å². The molecule has 88 valence electrons. The zero-order valence-corrected chi connectivity index (χ0v) is 9.64. The summed E-state index contributed by atoms with van der Waals surface area (Å²) in [7, 11) is 1.66. The van der Waals surface area contributed by atoms with Crippen LogP contribution in [0.3, 0.4) is 0 Å². The van der Waals surface area contributed by atoms with E-state index in [9.17, 15) is 4.79 Å². The highest BCUT2D eigenvalue weighted by Gasteiger charge is 2.11. The summed E-state index contributed by atoms with van der Waals surface area (Å²) in [5.41, 5.74) is 0.594. The van der Waals surface area contributed by atoms with E-state index in [4.69, 9.17) is 16.7 Å². The Bertz CT molecular complexity index is 567. The molecule has 2 N–H and O–H groups in total. The number of phenolic OH excluding ortho intramolecular Hbond substituents is 1. The van der Waals surface area contributed by atoms with Crippen molar-refractivity contribution in [2.75, 3.05) is 5.32 Å². The number of halogens is 1. The molecule has 6 nitrogen and oxygen atoms in total. The first kappa shape index (κ1) is 11.4. The van der Waals surface area contributed by atoms with E-state index in [0.29, 0.717) is 5.69 Å². The number of phenols is 1. The first-order chi connectivity index (χ1) is 8.06.